The number of nitrogens with zero attached hydrogens (tertiary/aromatic N) is 1. The summed E-state index contributed by atoms with van der Waals surface area (Å²) < 4.78 is 19.8. The van der Waals surface area contributed by atoms with Crippen LogP contribution < -0.4 is 0 Å². The van der Waals surface area contributed by atoms with Crippen molar-refractivity contribution in [3.05, 3.63) is 32.8 Å². The van der Waals surface area contributed by atoms with Crippen molar-refractivity contribution in [2.45, 2.75) is 39.2 Å². The average molecular weight is 371 g/mol. The van der Waals surface area contributed by atoms with Gasteiger partial charge in [0, 0.05) is 10.9 Å². The molecule has 0 bridgehead atoms. The largest absolute Gasteiger partial charge is 0.399 e. The molecule has 0 aliphatic carbocycles. The van der Waals surface area contributed by atoms with Gasteiger partial charge in [-0.05, 0) is 24.1 Å². The van der Waals surface area contributed by atoms with Crippen LogP contribution in [0.5, 0.6) is 0 Å². The molecular weight excluding hydrogens is 352 g/mol. The zero-order chi connectivity index (χ0) is 16.7. The van der Waals surface area contributed by atoms with Crippen molar-refractivity contribution in [2.75, 3.05) is 7.11 Å². The Kier molecular flexibility index (Phi) is 8.47. The summed E-state index contributed by atoms with van der Waals surface area (Å²) in [5, 5.41) is 4.71. The van der Waals surface area contributed by atoms with Crippen LogP contribution in [-0.4, -0.2) is 25.6 Å². The lowest BCUT2D eigenvalue weighted by atomic mass is 9.97. The van der Waals surface area contributed by atoms with Crippen molar-refractivity contribution in [3.63, 3.8) is 0 Å². The van der Waals surface area contributed by atoms with E-state index in [9.17, 15) is 4.39 Å². The van der Waals surface area contributed by atoms with E-state index in [1.165, 1.54) is 7.11 Å². The number of hydrogen-bond acceptors (Lipinski definition) is 3. The molecule has 0 saturated carbocycles. The highest BCUT2D eigenvalue weighted by atomic mass is 35.5. The third-order valence-electron chi connectivity index (χ3n) is 3.34. The summed E-state index contributed by atoms with van der Waals surface area (Å²) in [7, 11) is 1.37. The van der Waals surface area contributed by atoms with Crippen molar-refractivity contribution in [3.8, 4) is 0 Å². The number of halogens is 4. The van der Waals surface area contributed by atoms with E-state index in [4.69, 9.17) is 39.5 Å². The predicted molar refractivity (Wildman–Crippen MR) is 89.9 cm³/mol. The Morgan fingerprint density at radius 3 is 2.45 bits per heavy atom. The van der Waals surface area contributed by atoms with Crippen LogP contribution >= 0.6 is 34.8 Å². The minimum absolute atomic E-state index is 0.229. The summed E-state index contributed by atoms with van der Waals surface area (Å²) in [5.74, 6) is -0.370. The summed E-state index contributed by atoms with van der Waals surface area (Å²) in [6.07, 6.45) is 0.238. The van der Waals surface area contributed by atoms with Crippen LogP contribution in [-0.2, 0) is 16.2 Å². The van der Waals surface area contributed by atoms with Crippen molar-refractivity contribution < 1.29 is 14.0 Å². The highest BCUT2D eigenvalue weighted by Gasteiger charge is 2.24. The molecule has 1 rings (SSSR count). The fourth-order valence-electron chi connectivity index (χ4n) is 1.97. The maximum Gasteiger partial charge on any atom is 0.143 e. The zero-order valence-electron chi connectivity index (χ0n) is 12.7. The Balaban J connectivity index is 2.71. The lowest BCUT2D eigenvalue weighted by molar-refractivity contribution is -0.0100. The molecular formula is C15H19Cl3FNO2. The average Bonchev–Trinajstić information content (AvgIpc) is 2.49. The third-order valence-corrected chi connectivity index (χ3v) is 4.42. The number of benzene rings is 1. The molecule has 0 saturated heterocycles. The highest BCUT2D eigenvalue weighted by Crippen LogP contribution is 2.30. The molecule has 0 heterocycles. The first-order valence-corrected chi connectivity index (χ1v) is 7.99. The summed E-state index contributed by atoms with van der Waals surface area (Å²) in [6, 6.07) is 3.22. The second kappa shape index (κ2) is 9.56. The van der Waals surface area contributed by atoms with Crippen LogP contribution in [0.2, 0.25) is 15.1 Å². The van der Waals surface area contributed by atoms with Gasteiger partial charge in [0.05, 0.1) is 29.0 Å². The SMILES string of the molecule is CC[C@@H](OCc1cc(Cl)c(Cl)cc1Cl)[C@@H](C)[C@H](F)C=NOC. The summed E-state index contributed by atoms with van der Waals surface area (Å²) in [5.41, 5.74) is 0.711. The number of hydrogen-bond donors (Lipinski definition) is 0. The van der Waals surface area contributed by atoms with Gasteiger partial charge in [0.15, 0.2) is 0 Å². The molecule has 0 unspecified atom stereocenters. The molecule has 3 nitrogen and oxygen atoms in total. The summed E-state index contributed by atoms with van der Waals surface area (Å²) in [4.78, 5) is 4.49. The van der Waals surface area contributed by atoms with Crippen LogP contribution in [0.4, 0.5) is 4.39 Å². The van der Waals surface area contributed by atoms with E-state index >= 15 is 0 Å². The van der Waals surface area contributed by atoms with Crippen LogP contribution in [0.3, 0.4) is 0 Å². The van der Waals surface area contributed by atoms with E-state index in [2.05, 4.69) is 9.99 Å². The maximum absolute atomic E-state index is 14.0. The molecule has 22 heavy (non-hydrogen) atoms. The Labute approximate surface area is 145 Å². The van der Waals surface area contributed by atoms with E-state index in [0.717, 1.165) is 6.21 Å². The molecule has 0 aliphatic rings. The molecule has 7 heteroatoms. The van der Waals surface area contributed by atoms with Crippen molar-refractivity contribution in [1.82, 2.24) is 0 Å². The summed E-state index contributed by atoms with van der Waals surface area (Å²) >= 11 is 18.0. The van der Waals surface area contributed by atoms with Gasteiger partial charge in [-0.15, -0.1) is 0 Å². The normalized spacial score (nSPS) is 15.8. The summed E-state index contributed by atoms with van der Waals surface area (Å²) in [6.45, 7) is 3.92. The fraction of sp³-hybridized carbons (Fsp3) is 0.533. The van der Waals surface area contributed by atoms with Gasteiger partial charge in [-0.2, -0.15) is 0 Å². The molecule has 0 radical (unpaired) electrons. The van der Waals surface area contributed by atoms with E-state index < -0.39 is 6.17 Å². The van der Waals surface area contributed by atoms with Crippen molar-refractivity contribution >= 4 is 41.0 Å². The molecule has 0 N–H and O–H groups in total. The van der Waals surface area contributed by atoms with Gasteiger partial charge in [-0.25, -0.2) is 4.39 Å². The Morgan fingerprint density at radius 1 is 1.23 bits per heavy atom. The molecule has 0 amide bonds. The van der Waals surface area contributed by atoms with E-state index in [1.807, 2.05) is 6.92 Å². The number of rotatable bonds is 8. The first-order chi connectivity index (χ1) is 10.4. The van der Waals surface area contributed by atoms with Crippen LogP contribution in [0.15, 0.2) is 17.3 Å². The van der Waals surface area contributed by atoms with Crippen molar-refractivity contribution in [2.24, 2.45) is 11.1 Å². The first-order valence-electron chi connectivity index (χ1n) is 6.86. The predicted octanol–water partition coefficient (Wildman–Crippen LogP) is 5.55. The topological polar surface area (TPSA) is 30.8 Å². The van der Waals surface area contributed by atoms with Crippen LogP contribution in [0, 0.1) is 5.92 Å². The standard InChI is InChI=1S/C15H19Cl3FNO2/c1-4-15(9(2)14(19)7-20-21-3)22-8-10-5-12(17)13(18)6-11(10)16/h5-7,9,14-15H,4,8H2,1-3H3/t9-,14+,15+/m0/s1. The number of oxime groups is 1. The smallest absolute Gasteiger partial charge is 0.143 e. The molecule has 0 spiro atoms. The third kappa shape index (κ3) is 5.58. The van der Waals surface area contributed by atoms with Gasteiger partial charge in [-0.1, -0.05) is 53.8 Å². The van der Waals surface area contributed by atoms with Gasteiger partial charge >= 0.3 is 0 Å². The second-order valence-electron chi connectivity index (χ2n) is 4.86. The minimum atomic E-state index is -1.26. The van der Waals surface area contributed by atoms with Gasteiger partial charge in [-0.3, -0.25) is 0 Å². The molecule has 124 valence electrons. The van der Waals surface area contributed by atoms with E-state index in [1.54, 1.807) is 19.1 Å². The van der Waals surface area contributed by atoms with Crippen LogP contribution in [0.25, 0.3) is 0 Å². The number of alkyl halides is 1. The molecule has 3 atom stereocenters. The molecule has 1 aromatic rings. The van der Waals surface area contributed by atoms with Gasteiger partial charge < -0.3 is 9.57 Å². The lowest BCUT2D eigenvalue weighted by Gasteiger charge is -2.24. The maximum atomic E-state index is 14.0. The molecule has 0 aromatic heterocycles. The quantitative estimate of drug-likeness (QED) is 0.341. The second-order valence-corrected chi connectivity index (χ2v) is 6.08. The Bertz CT molecular complexity index is 514. The van der Waals surface area contributed by atoms with Gasteiger partial charge in [0.2, 0.25) is 0 Å². The molecule has 1 aromatic carbocycles. The van der Waals surface area contributed by atoms with Gasteiger partial charge in [0.1, 0.15) is 13.3 Å². The lowest BCUT2D eigenvalue weighted by Crippen LogP contribution is -2.29. The monoisotopic (exact) mass is 369 g/mol. The van der Waals surface area contributed by atoms with Crippen molar-refractivity contribution in [1.29, 1.82) is 0 Å². The highest BCUT2D eigenvalue weighted by molar-refractivity contribution is 6.43. The molecule has 0 aliphatic heterocycles. The van der Waals surface area contributed by atoms with Gasteiger partial charge in [0.25, 0.3) is 0 Å². The first kappa shape index (κ1) is 19.5. The number of ether oxygens (including phenoxy) is 1. The Morgan fingerprint density at radius 2 is 1.86 bits per heavy atom. The van der Waals surface area contributed by atoms with E-state index in [-0.39, 0.29) is 18.6 Å². The molecule has 0 fully saturated rings. The zero-order valence-corrected chi connectivity index (χ0v) is 14.9. The fourth-order valence-corrected chi connectivity index (χ4v) is 2.60. The van der Waals surface area contributed by atoms with Crippen LogP contribution in [0.1, 0.15) is 25.8 Å². The Hall–Kier alpha value is -0.550. The minimum Gasteiger partial charge on any atom is -0.399 e. The van der Waals surface area contributed by atoms with E-state index in [0.29, 0.717) is 27.1 Å².